The number of aromatic amines is 1. The van der Waals surface area contributed by atoms with Crippen molar-refractivity contribution in [1.29, 1.82) is 0 Å². The molecule has 0 saturated carbocycles. The minimum absolute atomic E-state index is 0.150. The van der Waals surface area contributed by atoms with Gasteiger partial charge in [-0.05, 0) is 6.07 Å². The number of rotatable bonds is 5. The summed E-state index contributed by atoms with van der Waals surface area (Å²) in [5.74, 6) is 1.79. The second kappa shape index (κ2) is 7.86. The molecule has 2 amide bonds. The summed E-state index contributed by atoms with van der Waals surface area (Å²) in [5.41, 5.74) is 0. The Hall–Kier alpha value is -3.41. The summed E-state index contributed by atoms with van der Waals surface area (Å²) in [6, 6.07) is 1.54. The maximum Gasteiger partial charge on any atom is 0.317 e. The number of urea groups is 1. The zero-order chi connectivity index (χ0) is 18.5. The molecule has 0 unspecified atom stereocenters. The maximum atomic E-state index is 12.3. The molecule has 3 aromatic heterocycles. The lowest BCUT2D eigenvalue weighted by molar-refractivity contribution is 0.133. The van der Waals surface area contributed by atoms with Gasteiger partial charge in [-0.1, -0.05) is 5.16 Å². The van der Waals surface area contributed by atoms with Gasteiger partial charge < -0.3 is 14.7 Å². The molecule has 0 spiro atoms. The third-order valence-corrected chi connectivity index (χ3v) is 4.12. The molecule has 1 fully saturated rings. The lowest BCUT2D eigenvalue weighted by atomic mass is 10.3. The molecule has 2 N–H and O–H groups in total. The van der Waals surface area contributed by atoms with Crippen LogP contribution in [0, 0.1) is 0 Å². The number of amides is 2. The van der Waals surface area contributed by atoms with Crippen LogP contribution in [0.4, 0.5) is 4.79 Å². The second-order valence-corrected chi connectivity index (χ2v) is 5.94. The fourth-order valence-corrected chi connectivity index (χ4v) is 2.72. The van der Waals surface area contributed by atoms with E-state index < -0.39 is 0 Å². The van der Waals surface area contributed by atoms with Crippen molar-refractivity contribution in [3.8, 4) is 11.6 Å². The lowest BCUT2D eigenvalue weighted by Crippen LogP contribution is -2.51. The van der Waals surface area contributed by atoms with E-state index in [1.807, 2.05) is 0 Å². The molecular weight excluding hydrogens is 352 g/mol. The van der Waals surface area contributed by atoms with E-state index in [2.05, 4.69) is 45.5 Å². The largest absolute Gasteiger partial charge is 0.337 e. The molecular formula is C15H18N10O2. The lowest BCUT2D eigenvalue weighted by Gasteiger charge is -2.34. The highest BCUT2D eigenvalue weighted by atomic mass is 16.5. The number of hydrogen-bond acceptors (Lipinski definition) is 9. The van der Waals surface area contributed by atoms with Gasteiger partial charge in [0, 0.05) is 38.6 Å². The van der Waals surface area contributed by atoms with Gasteiger partial charge in [-0.3, -0.25) is 10.00 Å². The summed E-state index contributed by atoms with van der Waals surface area (Å²) in [5, 5.41) is 13.3. The van der Waals surface area contributed by atoms with Gasteiger partial charge >= 0.3 is 6.03 Å². The highest BCUT2D eigenvalue weighted by Gasteiger charge is 2.22. The number of hydrogen-bond donors (Lipinski definition) is 2. The molecule has 4 heterocycles. The minimum atomic E-state index is -0.162. The number of H-pyrrole nitrogens is 1. The number of piperazine rings is 1. The van der Waals surface area contributed by atoms with Crippen molar-refractivity contribution in [2.75, 3.05) is 26.2 Å². The topological polar surface area (TPSA) is 142 Å². The third kappa shape index (κ3) is 4.23. The van der Waals surface area contributed by atoms with E-state index in [0.717, 1.165) is 18.9 Å². The van der Waals surface area contributed by atoms with Gasteiger partial charge in [0.1, 0.15) is 12.2 Å². The van der Waals surface area contributed by atoms with E-state index in [-0.39, 0.29) is 12.6 Å². The number of nitrogens with zero attached hydrogens (tertiary/aromatic N) is 8. The highest BCUT2D eigenvalue weighted by molar-refractivity contribution is 5.74. The van der Waals surface area contributed by atoms with E-state index in [1.54, 1.807) is 23.4 Å². The molecule has 1 saturated heterocycles. The zero-order valence-corrected chi connectivity index (χ0v) is 14.4. The molecule has 3 aromatic rings. The van der Waals surface area contributed by atoms with Crippen molar-refractivity contribution in [2.24, 2.45) is 0 Å². The number of aromatic nitrogens is 7. The number of carbonyl (C=O) groups excluding carboxylic acids is 1. The Bertz CT molecular complexity index is 858. The van der Waals surface area contributed by atoms with Crippen molar-refractivity contribution in [2.45, 2.75) is 13.1 Å². The van der Waals surface area contributed by atoms with Gasteiger partial charge in [0.15, 0.2) is 0 Å². The van der Waals surface area contributed by atoms with Gasteiger partial charge in [0.2, 0.25) is 17.5 Å². The van der Waals surface area contributed by atoms with Gasteiger partial charge in [-0.25, -0.2) is 19.7 Å². The summed E-state index contributed by atoms with van der Waals surface area (Å²) in [6.45, 7) is 3.65. The first kappa shape index (κ1) is 17.0. The average molecular weight is 370 g/mol. The third-order valence-electron chi connectivity index (χ3n) is 4.12. The molecule has 0 bridgehead atoms. The van der Waals surface area contributed by atoms with E-state index >= 15 is 0 Å². The van der Waals surface area contributed by atoms with Crippen molar-refractivity contribution >= 4 is 6.03 Å². The smallest absolute Gasteiger partial charge is 0.317 e. The van der Waals surface area contributed by atoms with E-state index in [1.165, 1.54) is 6.33 Å². The van der Waals surface area contributed by atoms with Crippen LogP contribution in [0.15, 0.2) is 29.3 Å². The van der Waals surface area contributed by atoms with E-state index in [0.29, 0.717) is 37.2 Å². The molecule has 27 heavy (non-hydrogen) atoms. The summed E-state index contributed by atoms with van der Waals surface area (Å²) in [6.07, 6.45) is 4.69. The highest BCUT2D eigenvalue weighted by Crippen LogP contribution is 2.09. The molecule has 0 radical (unpaired) electrons. The normalized spacial score (nSPS) is 15.0. The first-order valence-corrected chi connectivity index (χ1v) is 8.47. The van der Waals surface area contributed by atoms with Crippen molar-refractivity contribution < 1.29 is 9.32 Å². The summed E-state index contributed by atoms with van der Waals surface area (Å²) in [4.78, 5) is 32.7. The SMILES string of the molecule is O=C(NCc1nc(-c2ncccn2)no1)N1CCN(Cc2ncn[nH]2)CC1. The summed E-state index contributed by atoms with van der Waals surface area (Å²) >= 11 is 0. The van der Waals surface area contributed by atoms with Gasteiger partial charge in [-0.15, -0.1) is 0 Å². The van der Waals surface area contributed by atoms with Crippen LogP contribution >= 0.6 is 0 Å². The molecule has 12 nitrogen and oxygen atoms in total. The Morgan fingerprint density at radius 2 is 1.96 bits per heavy atom. The molecule has 140 valence electrons. The van der Waals surface area contributed by atoms with Crippen LogP contribution in [-0.2, 0) is 13.1 Å². The van der Waals surface area contributed by atoms with E-state index in [9.17, 15) is 4.79 Å². The first-order chi connectivity index (χ1) is 13.3. The predicted octanol–water partition coefficient (Wildman–Crippen LogP) is -0.328. The van der Waals surface area contributed by atoms with Crippen LogP contribution in [0.5, 0.6) is 0 Å². The quantitative estimate of drug-likeness (QED) is 0.617. The summed E-state index contributed by atoms with van der Waals surface area (Å²) < 4.78 is 5.13. The van der Waals surface area contributed by atoms with Crippen LogP contribution in [0.2, 0.25) is 0 Å². The maximum absolute atomic E-state index is 12.3. The minimum Gasteiger partial charge on any atom is -0.337 e. The van der Waals surface area contributed by atoms with Crippen molar-refractivity contribution in [3.05, 3.63) is 36.5 Å². The summed E-state index contributed by atoms with van der Waals surface area (Å²) in [7, 11) is 0. The van der Waals surface area contributed by atoms with Crippen LogP contribution in [-0.4, -0.2) is 77.3 Å². The van der Waals surface area contributed by atoms with Crippen molar-refractivity contribution in [1.82, 2.24) is 50.4 Å². The van der Waals surface area contributed by atoms with Crippen molar-refractivity contribution in [3.63, 3.8) is 0 Å². The first-order valence-electron chi connectivity index (χ1n) is 8.47. The Kier molecular flexibility index (Phi) is 4.96. The standard InChI is InChI=1S/C15H18N10O2/c26-15(25-6-4-24(5-7-25)9-11-19-10-20-22-11)18-8-12-21-14(23-27-12)13-16-2-1-3-17-13/h1-3,10H,4-9H2,(H,18,26)(H,19,20,22). The molecule has 12 heteroatoms. The monoisotopic (exact) mass is 370 g/mol. The Morgan fingerprint density at radius 3 is 2.70 bits per heavy atom. The van der Waals surface area contributed by atoms with Crippen LogP contribution in [0.3, 0.4) is 0 Å². The Morgan fingerprint density at radius 1 is 1.15 bits per heavy atom. The van der Waals surface area contributed by atoms with Gasteiger partial charge in [0.25, 0.3) is 0 Å². The number of carbonyl (C=O) groups is 1. The van der Waals surface area contributed by atoms with Crippen LogP contribution in [0.25, 0.3) is 11.6 Å². The van der Waals surface area contributed by atoms with Crippen LogP contribution in [0.1, 0.15) is 11.7 Å². The average Bonchev–Trinajstić information content (AvgIpc) is 3.39. The zero-order valence-electron chi connectivity index (χ0n) is 14.4. The Balaban J connectivity index is 1.24. The van der Waals surface area contributed by atoms with Gasteiger partial charge in [0.05, 0.1) is 13.1 Å². The molecule has 4 rings (SSSR count). The fraction of sp³-hybridized carbons (Fsp3) is 0.400. The molecule has 1 aliphatic rings. The number of nitrogens with one attached hydrogen (secondary N) is 2. The van der Waals surface area contributed by atoms with E-state index in [4.69, 9.17) is 4.52 Å². The van der Waals surface area contributed by atoms with Gasteiger partial charge in [-0.2, -0.15) is 10.1 Å². The molecule has 0 atom stereocenters. The van der Waals surface area contributed by atoms with Crippen LogP contribution < -0.4 is 5.32 Å². The Labute approximate surface area is 154 Å². The second-order valence-electron chi connectivity index (χ2n) is 5.94. The molecule has 1 aliphatic heterocycles. The molecule has 0 aromatic carbocycles. The molecule has 0 aliphatic carbocycles. The fourth-order valence-electron chi connectivity index (χ4n) is 2.72. The predicted molar refractivity (Wildman–Crippen MR) is 90.8 cm³/mol.